The Morgan fingerprint density at radius 2 is 2.33 bits per heavy atom. The molecule has 0 amide bonds. The van der Waals surface area contributed by atoms with Crippen LogP contribution < -0.4 is 10.6 Å². The van der Waals surface area contributed by atoms with Gasteiger partial charge in [-0.2, -0.15) is 5.10 Å². The molecular formula is C13H20N6OS. The molecule has 2 rings (SSSR count). The van der Waals surface area contributed by atoms with Crippen LogP contribution in [0.15, 0.2) is 22.9 Å². The van der Waals surface area contributed by atoms with Gasteiger partial charge in [0.05, 0.1) is 30.1 Å². The molecule has 8 heteroatoms. The van der Waals surface area contributed by atoms with Crippen LogP contribution in [-0.2, 0) is 13.6 Å². The molecule has 0 aliphatic rings. The largest absolute Gasteiger partial charge is 0.386 e. The van der Waals surface area contributed by atoms with Crippen LogP contribution in [-0.4, -0.2) is 39.4 Å². The van der Waals surface area contributed by atoms with Crippen molar-refractivity contribution < 1.29 is 5.11 Å². The van der Waals surface area contributed by atoms with Crippen molar-refractivity contribution in [2.75, 3.05) is 13.6 Å². The molecule has 2 aromatic heterocycles. The molecule has 114 valence electrons. The van der Waals surface area contributed by atoms with Crippen molar-refractivity contribution in [1.29, 1.82) is 0 Å². The number of aliphatic hydroxyl groups is 1. The lowest BCUT2D eigenvalue weighted by Gasteiger charge is -2.14. The molecule has 2 heterocycles. The van der Waals surface area contributed by atoms with Gasteiger partial charge in [-0.3, -0.25) is 9.67 Å². The van der Waals surface area contributed by atoms with Crippen molar-refractivity contribution in [2.45, 2.75) is 19.6 Å². The number of aryl methyl sites for hydroxylation is 2. The van der Waals surface area contributed by atoms with Crippen molar-refractivity contribution in [3.8, 4) is 0 Å². The van der Waals surface area contributed by atoms with E-state index < -0.39 is 6.10 Å². The van der Waals surface area contributed by atoms with Crippen LogP contribution in [0.3, 0.4) is 0 Å². The second kappa shape index (κ2) is 7.19. The fourth-order valence-corrected chi connectivity index (χ4v) is 2.52. The summed E-state index contributed by atoms with van der Waals surface area (Å²) in [7, 11) is 3.52. The number of aliphatic imine (C=N–C) groups is 1. The number of nitrogens with one attached hydrogen (secondary N) is 2. The first kappa shape index (κ1) is 15.5. The van der Waals surface area contributed by atoms with E-state index in [0.717, 1.165) is 11.3 Å². The highest BCUT2D eigenvalue weighted by atomic mass is 32.1. The van der Waals surface area contributed by atoms with Crippen LogP contribution in [0, 0.1) is 6.92 Å². The van der Waals surface area contributed by atoms with Crippen molar-refractivity contribution in [1.82, 2.24) is 25.4 Å². The van der Waals surface area contributed by atoms with Gasteiger partial charge in [0.1, 0.15) is 0 Å². The highest BCUT2D eigenvalue weighted by molar-refractivity contribution is 7.09. The molecule has 0 fully saturated rings. The fraction of sp³-hybridized carbons (Fsp3) is 0.462. The van der Waals surface area contributed by atoms with Crippen LogP contribution in [0.4, 0.5) is 0 Å². The zero-order chi connectivity index (χ0) is 15.2. The minimum absolute atomic E-state index is 0.368. The van der Waals surface area contributed by atoms with Crippen molar-refractivity contribution in [3.05, 3.63) is 34.0 Å². The number of hydrogen-bond acceptors (Lipinski definition) is 5. The Kier molecular flexibility index (Phi) is 5.29. The Balaban J connectivity index is 1.81. The Morgan fingerprint density at radius 3 is 2.90 bits per heavy atom. The highest BCUT2D eigenvalue weighted by Crippen LogP contribution is 2.11. The van der Waals surface area contributed by atoms with Gasteiger partial charge in [-0.1, -0.05) is 0 Å². The number of guanidine groups is 1. The van der Waals surface area contributed by atoms with Gasteiger partial charge in [0.25, 0.3) is 0 Å². The zero-order valence-electron chi connectivity index (χ0n) is 12.4. The summed E-state index contributed by atoms with van der Waals surface area (Å²) < 4.78 is 1.66. The molecule has 7 nitrogen and oxygen atoms in total. The second-order valence-corrected chi connectivity index (χ2v) is 5.57. The minimum atomic E-state index is -0.623. The van der Waals surface area contributed by atoms with Gasteiger partial charge in [-0.25, -0.2) is 4.98 Å². The highest BCUT2D eigenvalue weighted by Gasteiger charge is 2.10. The third kappa shape index (κ3) is 4.27. The van der Waals surface area contributed by atoms with E-state index in [1.165, 1.54) is 4.88 Å². The minimum Gasteiger partial charge on any atom is -0.386 e. The maximum absolute atomic E-state index is 10.1. The standard InChI is InChI=1S/C13H20N6OS/c1-9-12(21-8-17-9)6-16-13(14-2)15-5-11(20)10-4-18-19(3)7-10/h4,7-8,11,20H,5-6H2,1-3H3,(H2,14,15,16). The molecule has 0 saturated carbocycles. The number of aliphatic hydroxyl groups excluding tert-OH is 1. The molecule has 1 unspecified atom stereocenters. The maximum atomic E-state index is 10.1. The lowest BCUT2D eigenvalue weighted by atomic mass is 10.2. The Bertz CT molecular complexity index is 605. The smallest absolute Gasteiger partial charge is 0.191 e. The monoisotopic (exact) mass is 308 g/mol. The summed E-state index contributed by atoms with van der Waals surface area (Å²) >= 11 is 1.61. The predicted octanol–water partition coefficient (Wildman–Crippen LogP) is 0.584. The van der Waals surface area contributed by atoms with E-state index in [1.54, 1.807) is 35.5 Å². The van der Waals surface area contributed by atoms with E-state index in [2.05, 4.69) is 25.7 Å². The Labute approximate surface area is 127 Å². The van der Waals surface area contributed by atoms with Gasteiger partial charge in [-0.05, 0) is 6.92 Å². The first-order chi connectivity index (χ1) is 10.1. The van der Waals surface area contributed by atoms with E-state index >= 15 is 0 Å². The van der Waals surface area contributed by atoms with Gasteiger partial charge < -0.3 is 15.7 Å². The van der Waals surface area contributed by atoms with Gasteiger partial charge in [0.15, 0.2) is 5.96 Å². The van der Waals surface area contributed by atoms with Crippen LogP contribution >= 0.6 is 11.3 Å². The Morgan fingerprint density at radius 1 is 1.52 bits per heavy atom. The molecule has 0 aliphatic heterocycles. The number of hydrogen-bond donors (Lipinski definition) is 3. The van der Waals surface area contributed by atoms with Crippen LogP contribution in [0.25, 0.3) is 0 Å². The molecule has 2 aromatic rings. The first-order valence-corrected chi connectivity index (χ1v) is 7.48. The first-order valence-electron chi connectivity index (χ1n) is 6.60. The Hall–Kier alpha value is -1.93. The summed E-state index contributed by atoms with van der Waals surface area (Å²) in [4.78, 5) is 9.51. The van der Waals surface area contributed by atoms with E-state index in [-0.39, 0.29) is 0 Å². The van der Waals surface area contributed by atoms with Gasteiger partial charge >= 0.3 is 0 Å². The summed E-state index contributed by atoms with van der Waals surface area (Å²) in [5.41, 5.74) is 3.63. The van der Waals surface area contributed by atoms with Crippen molar-refractivity contribution in [2.24, 2.45) is 12.0 Å². The third-order valence-electron chi connectivity index (χ3n) is 3.06. The second-order valence-electron chi connectivity index (χ2n) is 4.63. The SMILES string of the molecule is CN=C(NCc1scnc1C)NCC(O)c1cnn(C)c1. The quantitative estimate of drug-likeness (QED) is 0.556. The fourth-order valence-electron chi connectivity index (χ4n) is 1.80. The van der Waals surface area contributed by atoms with E-state index in [1.807, 2.05) is 19.5 Å². The lowest BCUT2D eigenvalue weighted by molar-refractivity contribution is 0.180. The van der Waals surface area contributed by atoms with E-state index in [0.29, 0.717) is 19.0 Å². The topological polar surface area (TPSA) is 87.4 Å². The number of rotatable bonds is 5. The van der Waals surface area contributed by atoms with Crippen molar-refractivity contribution >= 4 is 17.3 Å². The molecule has 0 aliphatic carbocycles. The molecule has 1 atom stereocenters. The van der Waals surface area contributed by atoms with E-state index in [9.17, 15) is 5.11 Å². The summed E-state index contributed by atoms with van der Waals surface area (Å²) in [6.07, 6.45) is 2.83. The number of nitrogens with zero attached hydrogens (tertiary/aromatic N) is 4. The average Bonchev–Trinajstić information content (AvgIpc) is 3.08. The number of thiazole rings is 1. The molecule has 0 saturated heterocycles. The summed E-state index contributed by atoms with van der Waals surface area (Å²) in [6, 6.07) is 0. The molecule has 0 bridgehead atoms. The van der Waals surface area contributed by atoms with Crippen molar-refractivity contribution in [3.63, 3.8) is 0 Å². The normalized spacial score (nSPS) is 13.2. The zero-order valence-corrected chi connectivity index (χ0v) is 13.2. The van der Waals surface area contributed by atoms with Crippen LogP contribution in [0.2, 0.25) is 0 Å². The average molecular weight is 308 g/mol. The summed E-state index contributed by atoms with van der Waals surface area (Å²) in [5.74, 6) is 0.644. The molecular weight excluding hydrogens is 288 g/mol. The van der Waals surface area contributed by atoms with E-state index in [4.69, 9.17) is 0 Å². The third-order valence-corrected chi connectivity index (χ3v) is 3.99. The lowest BCUT2D eigenvalue weighted by Crippen LogP contribution is -2.38. The summed E-state index contributed by atoms with van der Waals surface area (Å²) in [6.45, 7) is 3.02. The maximum Gasteiger partial charge on any atom is 0.191 e. The van der Waals surface area contributed by atoms with Gasteiger partial charge in [0, 0.05) is 37.3 Å². The van der Waals surface area contributed by atoms with Crippen LogP contribution in [0.1, 0.15) is 22.2 Å². The summed E-state index contributed by atoms with van der Waals surface area (Å²) in [5, 5.41) is 20.4. The molecule has 0 spiro atoms. The van der Waals surface area contributed by atoms with Gasteiger partial charge in [0.2, 0.25) is 0 Å². The molecule has 0 aromatic carbocycles. The number of aromatic nitrogens is 3. The van der Waals surface area contributed by atoms with Gasteiger partial charge in [-0.15, -0.1) is 11.3 Å². The molecule has 21 heavy (non-hydrogen) atoms. The predicted molar refractivity (Wildman–Crippen MR) is 83.2 cm³/mol. The molecule has 0 radical (unpaired) electrons. The molecule has 3 N–H and O–H groups in total. The van der Waals surface area contributed by atoms with Crippen LogP contribution in [0.5, 0.6) is 0 Å².